The third-order valence-corrected chi connectivity index (χ3v) is 6.26. The van der Waals surface area contributed by atoms with Crippen molar-refractivity contribution in [2.75, 3.05) is 11.9 Å². The maximum absolute atomic E-state index is 13.5. The first-order valence-corrected chi connectivity index (χ1v) is 11.1. The largest absolute Gasteiger partial charge is 0.329 e. The molecule has 4 rings (SSSR count). The fourth-order valence-electron chi connectivity index (χ4n) is 3.90. The van der Waals surface area contributed by atoms with E-state index in [0.717, 1.165) is 10.4 Å². The number of thiophene rings is 1. The van der Waals surface area contributed by atoms with Gasteiger partial charge in [0.25, 0.3) is 5.91 Å². The molecule has 2 aromatic heterocycles. The lowest BCUT2D eigenvalue weighted by atomic mass is 9.81. The Labute approximate surface area is 184 Å². The Morgan fingerprint density at radius 2 is 2.00 bits per heavy atom. The van der Waals surface area contributed by atoms with Crippen LogP contribution in [0.2, 0.25) is 5.02 Å². The van der Waals surface area contributed by atoms with Crippen LogP contribution >= 0.6 is 22.9 Å². The van der Waals surface area contributed by atoms with Crippen molar-refractivity contribution in [2.24, 2.45) is 5.92 Å². The Bertz CT molecular complexity index is 1050. The summed E-state index contributed by atoms with van der Waals surface area (Å²) in [4.78, 5) is 34.0. The minimum absolute atomic E-state index is 0.0358. The summed E-state index contributed by atoms with van der Waals surface area (Å²) in [7, 11) is 0. The van der Waals surface area contributed by atoms with E-state index >= 15 is 0 Å². The van der Waals surface area contributed by atoms with Crippen molar-refractivity contribution < 1.29 is 9.59 Å². The van der Waals surface area contributed by atoms with Crippen LogP contribution in [0.15, 0.2) is 60.1 Å². The van der Waals surface area contributed by atoms with E-state index in [4.69, 9.17) is 11.6 Å². The minimum Gasteiger partial charge on any atom is -0.329 e. The van der Waals surface area contributed by atoms with E-state index in [9.17, 15) is 9.59 Å². The molecule has 0 bridgehead atoms. The molecule has 0 radical (unpaired) electrons. The summed E-state index contributed by atoms with van der Waals surface area (Å²) in [6.45, 7) is 4.72. The molecule has 154 valence electrons. The van der Waals surface area contributed by atoms with Gasteiger partial charge >= 0.3 is 0 Å². The summed E-state index contributed by atoms with van der Waals surface area (Å²) in [5.74, 6) is -0.0838. The van der Waals surface area contributed by atoms with Crippen molar-refractivity contribution in [3.8, 4) is 0 Å². The molecule has 1 aliphatic heterocycles. The number of fused-ring (bicyclic) bond motifs is 1. The molecule has 30 heavy (non-hydrogen) atoms. The highest BCUT2D eigenvalue weighted by Gasteiger charge is 2.44. The quantitative estimate of drug-likeness (QED) is 0.581. The molecule has 0 saturated heterocycles. The van der Waals surface area contributed by atoms with Crippen LogP contribution in [0.25, 0.3) is 0 Å². The van der Waals surface area contributed by atoms with Crippen molar-refractivity contribution in [3.63, 3.8) is 0 Å². The summed E-state index contributed by atoms with van der Waals surface area (Å²) in [6, 6.07) is 14.3. The van der Waals surface area contributed by atoms with E-state index in [2.05, 4.69) is 24.1 Å². The molecule has 5 nitrogen and oxygen atoms in total. The first-order valence-electron chi connectivity index (χ1n) is 9.81. The number of hydrogen-bond acceptors (Lipinski definition) is 4. The molecule has 1 aliphatic rings. The van der Waals surface area contributed by atoms with Crippen LogP contribution in [0, 0.1) is 5.92 Å². The van der Waals surface area contributed by atoms with E-state index in [1.807, 2.05) is 40.6 Å². The number of benzene rings is 1. The molecule has 1 aromatic carbocycles. The molecule has 0 unspecified atom stereocenters. The molecular formula is C23H22ClN3O2S. The van der Waals surface area contributed by atoms with Crippen LogP contribution in [0.5, 0.6) is 0 Å². The van der Waals surface area contributed by atoms with Crippen molar-refractivity contribution in [2.45, 2.75) is 25.8 Å². The molecule has 3 aromatic rings. The van der Waals surface area contributed by atoms with Crippen LogP contribution in [0.4, 0.5) is 5.82 Å². The minimum atomic E-state index is -0.547. The topological polar surface area (TPSA) is 62.3 Å². The van der Waals surface area contributed by atoms with Crippen LogP contribution < -0.4 is 5.32 Å². The molecule has 2 atom stereocenters. The van der Waals surface area contributed by atoms with E-state index in [0.29, 0.717) is 22.9 Å². The number of nitrogens with zero attached hydrogens (tertiary/aromatic N) is 2. The lowest BCUT2D eigenvalue weighted by molar-refractivity contribution is -0.119. The van der Waals surface area contributed by atoms with Gasteiger partial charge in [-0.3, -0.25) is 9.59 Å². The summed E-state index contributed by atoms with van der Waals surface area (Å²) >= 11 is 7.48. The zero-order valence-electron chi connectivity index (χ0n) is 16.7. The second-order valence-electron chi connectivity index (χ2n) is 7.73. The van der Waals surface area contributed by atoms with Gasteiger partial charge in [0.2, 0.25) is 5.91 Å². The van der Waals surface area contributed by atoms with E-state index in [1.54, 1.807) is 29.5 Å². The van der Waals surface area contributed by atoms with E-state index < -0.39 is 5.92 Å². The smallest absolute Gasteiger partial charge is 0.254 e. The second-order valence-corrected chi connectivity index (χ2v) is 9.14. The Kier molecular flexibility index (Phi) is 5.88. The Balaban J connectivity index is 1.80. The molecule has 0 fully saturated rings. The fraction of sp³-hybridized carbons (Fsp3) is 0.261. The van der Waals surface area contributed by atoms with Crippen molar-refractivity contribution in [3.05, 3.63) is 81.1 Å². The van der Waals surface area contributed by atoms with Crippen molar-refractivity contribution in [1.82, 2.24) is 9.88 Å². The van der Waals surface area contributed by atoms with Crippen LogP contribution in [0.1, 0.15) is 46.6 Å². The zero-order valence-corrected chi connectivity index (χ0v) is 18.3. The molecular weight excluding hydrogens is 418 g/mol. The number of carbonyl (C=O) groups excluding carboxylic acids is 2. The summed E-state index contributed by atoms with van der Waals surface area (Å²) < 4.78 is 0. The van der Waals surface area contributed by atoms with Gasteiger partial charge in [-0.2, -0.15) is 0 Å². The number of pyridine rings is 1. The number of hydrogen-bond donors (Lipinski definition) is 1. The number of nitrogens with one attached hydrogen (secondary N) is 1. The first kappa shape index (κ1) is 20.6. The van der Waals surface area contributed by atoms with Crippen molar-refractivity contribution >= 4 is 40.6 Å². The van der Waals surface area contributed by atoms with Gasteiger partial charge in [-0.15, -0.1) is 11.3 Å². The Morgan fingerprint density at radius 3 is 2.67 bits per heavy atom. The molecule has 7 heteroatoms. The molecule has 0 aliphatic carbocycles. The average Bonchev–Trinajstić information content (AvgIpc) is 3.25. The highest BCUT2D eigenvalue weighted by molar-refractivity contribution is 7.10. The standard InChI is InChI=1S/C23H22ClN3O2S/c1-14(2)13-27-21(18-8-5-11-30-18)20(16-6-3-4-7-17(16)23(27)29)22(28)26-19-10-9-15(24)12-25-19/h3-12,14,20-21H,13H2,1-2H3,(H,25,26,28)/t20-,21+/m1/s1. The molecule has 1 N–H and O–H groups in total. The number of carbonyl (C=O) groups is 2. The van der Waals surface area contributed by atoms with Gasteiger partial charge < -0.3 is 10.2 Å². The second kappa shape index (κ2) is 8.58. The predicted molar refractivity (Wildman–Crippen MR) is 120 cm³/mol. The van der Waals surface area contributed by atoms with E-state index in [-0.39, 0.29) is 23.8 Å². The van der Waals surface area contributed by atoms with Gasteiger partial charge in [0.1, 0.15) is 5.82 Å². The van der Waals surface area contributed by atoms with E-state index in [1.165, 1.54) is 6.20 Å². The predicted octanol–water partition coefficient (Wildman–Crippen LogP) is 5.37. The molecule has 2 amide bonds. The summed E-state index contributed by atoms with van der Waals surface area (Å²) in [5.41, 5.74) is 1.32. The highest BCUT2D eigenvalue weighted by atomic mass is 35.5. The number of amides is 2. The number of aromatic nitrogens is 1. The normalized spacial score (nSPS) is 18.4. The maximum atomic E-state index is 13.5. The zero-order chi connectivity index (χ0) is 21.3. The molecule has 0 saturated carbocycles. The maximum Gasteiger partial charge on any atom is 0.254 e. The summed E-state index contributed by atoms with van der Waals surface area (Å²) in [5, 5.41) is 5.40. The number of halogens is 1. The third kappa shape index (κ3) is 3.98. The number of anilines is 1. The molecule has 3 heterocycles. The van der Waals surface area contributed by atoms with Gasteiger partial charge in [-0.25, -0.2) is 4.98 Å². The van der Waals surface area contributed by atoms with Gasteiger partial charge in [-0.1, -0.05) is 49.7 Å². The monoisotopic (exact) mass is 439 g/mol. The first-order chi connectivity index (χ1) is 14.5. The van der Waals surface area contributed by atoms with Crippen molar-refractivity contribution in [1.29, 1.82) is 0 Å². The van der Waals surface area contributed by atoms with Gasteiger partial charge in [0, 0.05) is 23.2 Å². The third-order valence-electron chi connectivity index (χ3n) is 5.10. The van der Waals surface area contributed by atoms with Gasteiger partial charge in [-0.05, 0) is 41.1 Å². The van der Waals surface area contributed by atoms with Crippen LogP contribution in [-0.4, -0.2) is 28.2 Å². The SMILES string of the molecule is CC(C)CN1C(=O)c2ccccc2[C@@H](C(=O)Nc2ccc(Cl)cn2)[C@@H]1c1cccs1. The van der Waals surface area contributed by atoms with Gasteiger partial charge in [0.15, 0.2) is 0 Å². The van der Waals surface area contributed by atoms with Gasteiger partial charge in [0.05, 0.1) is 17.0 Å². The lowest BCUT2D eigenvalue weighted by Gasteiger charge is -2.41. The summed E-state index contributed by atoms with van der Waals surface area (Å²) in [6.07, 6.45) is 1.50. The lowest BCUT2D eigenvalue weighted by Crippen LogP contribution is -2.47. The average molecular weight is 440 g/mol. The molecule has 0 spiro atoms. The highest BCUT2D eigenvalue weighted by Crippen LogP contribution is 2.44. The Hall–Kier alpha value is -2.70. The Morgan fingerprint density at radius 1 is 1.20 bits per heavy atom. The fourth-order valence-corrected chi connectivity index (χ4v) is 4.89. The van der Waals surface area contributed by atoms with Crippen LogP contribution in [0.3, 0.4) is 0 Å². The number of rotatable bonds is 5. The van der Waals surface area contributed by atoms with Crippen LogP contribution in [-0.2, 0) is 4.79 Å².